The number of carbonyl (C=O) groups is 1. The lowest BCUT2D eigenvalue weighted by Gasteiger charge is -2.32. The summed E-state index contributed by atoms with van der Waals surface area (Å²) in [6.45, 7) is 14.9. The van der Waals surface area contributed by atoms with Gasteiger partial charge in [0.1, 0.15) is 0 Å². The van der Waals surface area contributed by atoms with E-state index in [1.54, 1.807) is 0 Å². The lowest BCUT2D eigenvalue weighted by Crippen LogP contribution is -2.40. The van der Waals surface area contributed by atoms with Crippen LogP contribution >= 0.6 is 0 Å². The second kappa shape index (κ2) is 10.2. The maximum atomic E-state index is 12.0. The molecule has 1 aliphatic rings. The molecule has 4 nitrogen and oxygen atoms in total. The van der Waals surface area contributed by atoms with Gasteiger partial charge in [-0.25, -0.2) is 0 Å². The zero-order chi connectivity index (χ0) is 15.7. The highest BCUT2D eigenvalue weighted by Crippen LogP contribution is 2.15. The molecule has 0 spiro atoms. The van der Waals surface area contributed by atoms with E-state index in [0.717, 1.165) is 45.1 Å². The summed E-state index contributed by atoms with van der Waals surface area (Å²) in [7, 11) is 0. The van der Waals surface area contributed by atoms with Gasteiger partial charge in [-0.1, -0.05) is 0 Å². The second-order valence-electron chi connectivity index (χ2n) is 6.45. The van der Waals surface area contributed by atoms with Crippen LogP contribution in [0.4, 0.5) is 0 Å². The summed E-state index contributed by atoms with van der Waals surface area (Å²) in [6, 6.07) is 0.573. The summed E-state index contributed by atoms with van der Waals surface area (Å²) >= 11 is 0. The van der Waals surface area contributed by atoms with E-state index in [2.05, 4.69) is 37.9 Å². The monoisotopic (exact) mass is 297 g/mol. The van der Waals surface area contributed by atoms with E-state index < -0.39 is 0 Å². The van der Waals surface area contributed by atoms with Crippen LogP contribution in [-0.4, -0.2) is 61.0 Å². The Labute approximate surface area is 131 Å². The first kappa shape index (κ1) is 18.4. The molecule has 1 heterocycles. The first-order valence-electron chi connectivity index (χ1n) is 8.81. The summed E-state index contributed by atoms with van der Waals surface area (Å²) in [5.41, 5.74) is 0. The number of nitrogens with one attached hydrogen (secondary N) is 1. The standard InChI is InChI=1S/C17H35N3O/c1-5-19(6-2)17(21)8-7-13-20(15(3)4)14-16-9-11-18-12-10-16/h15-16,18H,5-14H2,1-4H3. The minimum Gasteiger partial charge on any atom is -0.343 e. The first-order valence-corrected chi connectivity index (χ1v) is 8.81. The van der Waals surface area contributed by atoms with Crippen molar-refractivity contribution in [2.45, 2.75) is 59.4 Å². The van der Waals surface area contributed by atoms with Gasteiger partial charge < -0.3 is 15.1 Å². The number of amides is 1. The van der Waals surface area contributed by atoms with Gasteiger partial charge in [0.25, 0.3) is 0 Å². The fourth-order valence-electron chi connectivity index (χ4n) is 3.12. The second-order valence-corrected chi connectivity index (χ2v) is 6.45. The molecule has 0 aromatic heterocycles. The molecule has 0 saturated carbocycles. The van der Waals surface area contributed by atoms with E-state index in [1.165, 1.54) is 19.4 Å². The molecule has 0 aromatic carbocycles. The topological polar surface area (TPSA) is 35.6 Å². The summed E-state index contributed by atoms with van der Waals surface area (Å²) in [6.07, 6.45) is 4.26. The van der Waals surface area contributed by atoms with Crippen LogP contribution in [0.3, 0.4) is 0 Å². The van der Waals surface area contributed by atoms with Gasteiger partial charge in [0.05, 0.1) is 0 Å². The smallest absolute Gasteiger partial charge is 0.222 e. The lowest BCUT2D eigenvalue weighted by atomic mass is 9.97. The highest BCUT2D eigenvalue weighted by Gasteiger charge is 2.19. The molecular formula is C17H35N3O. The molecule has 124 valence electrons. The van der Waals surface area contributed by atoms with E-state index in [-0.39, 0.29) is 0 Å². The molecule has 1 amide bonds. The van der Waals surface area contributed by atoms with E-state index >= 15 is 0 Å². The number of carbonyl (C=O) groups excluding carboxylic acids is 1. The van der Waals surface area contributed by atoms with Crippen molar-refractivity contribution in [1.82, 2.24) is 15.1 Å². The maximum Gasteiger partial charge on any atom is 0.222 e. The van der Waals surface area contributed by atoms with Crippen molar-refractivity contribution >= 4 is 5.91 Å². The molecule has 4 heteroatoms. The third kappa shape index (κ3) is 6.79. The maximum absolute atomic E-state index is 12.0. The Balaban J connectivity index is 2.32. The molecule has 0 unspecified atom stereocenters. The summed E-state index contributed by atoms with van der Waals surface area (Å²) < 4.78 is 0. The molecule has 0 atom stereocenters. The first-order chi connectivity index (χ1) is 10.1. The SMILES string of the molecule is CCN(CC)C(=O)CCCN(CC1CCNCC1)C(C)C. The molecule has 0 aromatic rings. The molecule has 1 aliphatic heterocycles. The highest BCUT2D eigenvalue weighted by atomic mass is 16.2. The van der Waals surface area contributed by atoms with Crippen LogP contribution in [0.1, 0.15) is 53.4 Å². The minimum absolute atomic E-state index is 0.311. The fourth-order valence-corrected chi connectivity index (χ4v) is 3.12. The average Bonchev–Trinajstić information content (AvgIpc) is 2.48. The van der Waals surface area contributed by atoms with Crippen LogP contribution in [0.2, 0.25) is 0 Å². The van der Waals surface area contributed by atoms with Crippen molar-refractivity contribution in [2.24, 2.45) is 5.92 Å². The van der Waals surface area contributed by atoms with Crippen LogP contribution in [-0.2, 0) is 4.79 Å². The summed E-state index contributed by atoms with van der Waals surface area (Å²) in [4.78, 5) is 16.5. The minimum atomic E-state index is 0.311. The Morgan fingerprint density at radius 2 is 1.81 bits per heavy atom. The fraction of sp³-hybridized carbons (Fsp3) is 0.941. The number of hydrogen-bond acceptors (Lipinski definition) is 3. The molecule has 0 aliphatic carbocycles. The van der Waals surface area contributed by atoms with Gasteiger partial charge in [-0.3, -0.25) is 4.79 Å². The summed E-state index contributed by atoms with van der Waals surface area (Å²) in [5, 5.41) is 3.43. The predicted octanol–water partition coefficient (Wildman–Crippen LogP) is 2.34. The molecule has 1 rings (SSSR count). The van der Waals surface area contributed by atoms with Crippen molar-refractivity contribution in [3.8, 4) is 0 Å². The molecule has 1 saturated heterocycles. The average molecular weight is 297 g/mol. The molecule has 0 bridgehead atoms. The number of nitrogens with zero attached hydrogens (tertiary/aromatic N) is 2. The van der Waals surface area contributed by atoms with Crippen LogP contribution in [0.15, 0.2) is 0 Å². The summed E-state index contributed by atoms with van der Waals surface area (Å²) in [5.74, 6) is 1.14. The Bertz CT molecular complexity index is 284. The van der Waals surface area contributed by atoms with Crippen LogP contribution in [0.25, 0.3) is 0 Å². The largest absolute Gasteiger partial charge is 0.343 e. The Morgan fingerprint density at radius 1 is 1.19 bits per heavy atom. The zero-order valence-electron chi connectivity index (χ0n) is 14.5. The van der Waals surface area contributed by atoms with E-state index in [0.29, 0.717) is 18.4 Å². The number of piperidine rings is 1. The van der Waals surface area contributed by atoms with Gasteiger partial charge >= 0.3 is 0 Å². The quantitative estimate of drug-likeness (QED) is 0.709. The molecule has 1 fully saturated rings. The Hall–Kier alpha value is -0.610. The Morgan fingerprint density at radius 3 is 2.33 bits per heavy atom. The Kier molecular flexibility index (Phi) is 8.93. The van der Waals surface area contributed by atoms with Gasteiger partial charge in [-0.2, -0.15) is 0 Å². The van der Waals surface area contributed by atoms with Crippen molar-refractivity contribution in [2.75, 3.05) is 39.3 Å². The molecule has 0 radical (unpaired) electrons. The third-order valence-corrected chi connectivity index (χ3v) is 4.63. The van der Waals surface area contributed by atoms with Crippen molar-refractivity contribution in [3.63, 3.8) is 0 Å². The van der Waals surface area contributed by atoms with Gasteiger partial charge in [0.15, 0.2) is 0 Å². The van der Waals surface area contributed by atoms with E-state index in [9.17, 15) is 4.79 Å². The van der Waals surface area contributed by atoms with E-state index in [1.807, 2.05) is 4.90 Å². The number of hydrogen-bond donors (Lipinski definition) is 1. The van der Waals surface area contributed by atoms with Gasteiger partial charge in [0.2, 0.25) is 5.91 Å². The molecule has 1 N–H and O–H groups in total. The van der Waals surface area contributed by atoms with Crippen LogP contribution in [0, 0.1) is 5.92 Å². The van der Waals surface area contributed by atoms with Crippen molar-refractivity contribution in [3.05, 3.63) is 0 Å². The molecular weight excluding hydrogens is 262 g/mol. The van der Waals surface area contributed by atoms with Gasteiger partial charge in [-0.15, -0.1) is 0 Å². The molecule has 21 heavy (non-hydrogen) atoms. The van der Waals surface area contributed by atoms with Crippen LogP contribution in [0.5, 0.6) is 0 Å². The normalized spacial score (nSPS) is 16.7. The van der Waals surface area contributed by atoms with Crippen LogP contribution < -0.4 is 5.32 Å². The van der Waals surface area contributed by atoms with Gasteiger partial charge in [-0.05, 0) is 72.5 Å². The predicted molar refractivity (Wildman–Crippen MR) is 89.5 cm³/mol. The lowest BCUT2D eigenvalue weighted by molar-refractivity contribution is -0.131. The van der Waals surface area contributed by atoms with Crippen molar-refractivity contribution < 1.29 is 4.79 Å². The van der Waals surface area contributed by atoms with Gasteiger partial charge in [0, 0.05) is 32.1 Å². The van der Waals surface area contributed by atoms with E-state index in [4.69, 9.17) is 0 Å². The number of rotatable bonds is 9. The van der Waals surface area contributed by atoms with Crippen molar-refractivity contribution in [1.29, 1.82) is 0 Å². The third-order valence-electron chi connectivity index (χ3n) is 4.63. The zero-order valence-corrected chi connectivity index (χ0v) is 14.5. The highest BCUT2D eigenvalue weighted by molar-refractivity contribution is 5.76.